The molecule has 10 heteroatoms. The summed E-state index contributed by atoms with van der Waals surface area (Å²) in [6.07, 6.45) is 2.19. The molecule has 1 atom stereocenters. The van der Waals surface area contributed by atoms with Crippen LogP contribution in [0.25, 0.3) is 22.2 Å². The van der Waals surface area contributed by atoms with E-state index in [0.29, 0.717) is 41.8 Å². The van der Waals surface area contributed by atoms with Crippen LogP contribution in [0.4, 0.5) is 11.7 Å². The van der Waals surface area contributed by atoms with Gasteiger partial charge >= 0.3 is 0 Å². The summed E-state index contributed by atoms with van der Waals surface area (Å²) in [5, 5.41) is 10.1. The van der Waals surface area contributed by atoms with Crippen LogP contribution in [0.15, 0.2) is 34.7 Å². The molecule has 0 aliphatic carbocycles. The number of anilines is 2. The van der Waals surface area contributed by atoms with Crippen molar-refractivity contribution in [1.29, 1.82) is 5.26 Å². The summed E-state index contributed by atoms with van der Waals surface area (Å²) in [6.45, 7) is 4.64. The van der Waals surface area contributed by atoms with Crippen LogP contribution in [-0.2, 0) is 10.0 Å². The third-order valence-corrected chi connectivity index (χ3v) is 7.73. The summed E-state index contributed by atoms with van der Waals surface area (Å²) in [7, 11) is 0.922. The second-order valence-electron chi connectivity index (χ2n) is 9.72. The fourth-order valence-electron chi connectivity index (χ4n) is 5.14. The van der Waals surface area contributed by atoms with Gasteiger partial charge in [-0.15, -0.1) is 0 Å². The number of oxazole rings is 1. The fourth-order valence-corrected chi connectivity index (χ4v) is 5.90. The van der Waals surface area contributed by atoms with Crippen LogP contribution in [-0.4, -0.2) is 76.9 Å². The normalized spacial score (nSPS) is 18.9. The second kappa shape index (κ2) is 8.82. The largest absolute Gasteiger partial charge is 0.421 e. The predicted octanol–water partition coefficient (Wildman–Crippen LogP) is 2.55. The van der Waals surface area contributed by atoms with Crippen molar-refractivity contribution in [3.63, 3.8) is 0 Å². The Labute approximate surface area is 206 Å². The van der Waals surface area contributed by atoms with E-state index in [-0.39, 0.29) is 6.04 Å². The summed E-state index contributed by atoms with van der Waals surface area (Å²) < 4.78 is 32.1. The molecule has 1 aromatic heterocycles. The van der Waals surface area contributed by atoms with Crippen molar-refractivity contribution in [2.75, 3.05) is 56.3 Å². The number of nitriles is 1. The lowest BCUT2D eigenvalue weighted by Crippen LogP contribution is -2.59. The predicted molar refractivity (Wildman–Crippen MR) is 137 cm³/mol. The van der Waals surface area contributed by atoms with Gasteiger partial charge in [-0.3, -0.25) is 0 Å². The van der Waals surface area contributed by atoms with Gasteiger partial charge in [0.15, 0.2) is 5.58 Å². The Morgan fingerprint density at radius 2 is 1.89 bits per heavy atom. The van der Waals surface area contributed by atoms with E-state index < -0.39 is 10.0 Å². The maximum atomic E-state index is 11.6. The van der Waals surface area contributed by atoms with Crippen LogP contribution in [0, 0.1) is 18.3 Å². The molecule has 3 heterocycles. The standard InChI is InChI=1S/C25H30N6O3S/c1-16-20(12-26)22-24(34-25(27-22)31-13-18(14-31)28-35(4,32)33)23(21(16)17-8-6-5-7-9-17)30-11-10-19(15-30)29(2)3/h5-9,18-19,28H,10-11,13-15H2,1-4H3/t19-/m0/s1. The average molecular weight is 495 g/mol. The molecule has 0 unspecified atom stereocenters. The summed E-state index contributed by atoms with van der Waals surface area (Å²) in [5.41, 5.74) is 5.56. The van der Waals surface area contributed by atoms with Gasteiger partial charge in [-0.25, -0.2) is 13.1 Å². The van der Waals surface area contributed by atoms with Gasteiger partial charge in [-0.1, -0.05) is 30.3 Å². The van der Waals surface area contributed by atoms with Gasteiger partial charge in [0.1, 0.15) is 11.6 Å². The van der Waals surface area contributed by atoms with Crippen molar-refractivity contribution >= 4 is 32.8 Å². The van der Waals surface area contributed by atoms with Gasteiger partial charge in [0, 0.05) is 37.8 Å². The molecule has 0 amide bonds. The molecular weight excluding hydrogens is 464 g/mol. The molecule has 1 N–H and O–H groups in total. The second-order valence-corrected chi connectivity index (χ2v) is 11.5. The zero-order valence-corrected chi connectivity index (χ0v) is 21.3. The van der Waals surface area contributed by atoms with E-state index in [0.717, 1.165) is 48.1 Å². The van der Waals surface area contributed by atoms with E-state index >= 15 is 0 Å². The molecule has 0 saturated carbocycles. The molecule has 2 aromatic carbocycles. The van der Waals surface area contributed by atoms with Crippen molar-refractivity contribution in [2.24, 2.45) is 0 Å². The van der Waals surface area contributed by atoms with Crippen LogP contribution in [0.2, 0.25) is 0 Å². The Kier molecular flexibility index (Phi) is 5.95. The smallest absolute Gasteiger partial charge is 0.298 e. The lowest BCUT2D eigenvalue weighted by molar-refractivity contribution is 0.315. The number of rotatable bonds is 6. The van der Waals surface area contributed by atoms with Crippen molar-refractivity contribution in [3.05, 3.63) is 41.5 Å². The van der Waals surface area contributed by atoms with E-state index in [9.17, 15) is 13.7 Å². The molecule has 184 valence electrons. The molecule has 9 nitrogen and oxygen atoms in total. The lowest BCUT2D eigenvalue weighted by Gasteiger charge is -2.37. The Morgan fingerprint density at radius 3 is 2.49 bits per heavy atom. The lowest BCUT2D eigenvalue weighted by atomic mass is 9.93. The first-order valence-corrected chi connectivity index (χ1v) is 13.6. The Hall–Kier alpha value is -3.13. The molecule has 2 saturated heterocycles. The van der Waals surface area contributed by atoms with Crippen molar-refractivity contribution in [1.82, 2.24) is 14.6 Å². The molecular formula is C25H30N6O3S. The first-order chi connectivity index (χ1) is 16.7. The number of nitrogens with one attached hydrogen (secondary N) is 1. The zero-order valence-electron chi connectivity index (χ0n) is 20.4. The number of likely N-dealkylation sites (N-methyl/N-ethyl adjacent to an activating group) is 1. The number of aromatic nitrogens is 1. The van der Waals surface area contributed by atoms with Crippen LogP contribution >= 0.6 is 0 Å². The zero-order chi connectivity index (χ0) is 24.9. The molecule has 0 radical (unpaired) electrons. The van der Waals surface area contributed by atoms with Crippen molar-refractivity contribution in [3.8, 4) is 17.2 Å². The molecule has 0 spiro atoms. The third-order valence-electron chi connectivity index (χ3n) is 6.97. The highest BCUT2D eigenvalue weighted by Crippen LogP contribution is 2.45. The van der Waals surface area contributed by atoms with E-state index in [1.165, 1.54) is 0 Å². The quantitative estimate of drug-likeness (QED) is 0.557. The third kappa shape index (κ3) is 4.35. The molecule has 2 aliphatic heterocycles. The fraction of sp³-hybridized carbons (Fsp3) is 0.440. The topological polar surface area (TPSA) is 106 Å². The minimum absolute atomic E-state index is 0.184. The summed E-state index contributed by atoms with van der Waals surface area (Å²) >= 11 is 0. The Bertz CT molecular complexity index is 1400. The number of hydrogen-bond acceptors (Lipinski definition) is 8. The number of nitrogens with zero attached hydrogens (tertiary/aromatic N) is 5. The molecule has 3 aromatic rings. The molecule has 5 rings (SSSR count). The van der Waals surface area contributed by atoms with Gasteiger partial charge in [-0.2, -0.15) is 10.2 Å². The first-order valence-electron chi connectivity index (χ1n) is 11.7. The van der Waals surface area contributed by atoms with Crippen molar-refractivity contribution < 1.29 is 12.8 Å². The molecule has 2 aliphatic rings. The summed E-state index contributed by atoms with van der Waals surface area (Å²) in [5.74, 6) is 0. The van der Waals surface area contributed by atoms with Gasteiger partial charge in [0.2, 0.25) is 10.0 Å². The van der Waals surface area contributed by atoms with E-state index in [1.807, 2.05) is 30.0 Å². The SMILES string of the molecule is Cc1c(-c2ccccc2)c(N2CC[C@H](N(C)C)C2)c2oc(N3CC(NS(C)(=O)=O)C3)nc2c1C#N. The summed E-state index contributed by atoms with van der Waals surface area (Å²) in [4.78, 5) is 11.2. The highest BCUT2D eigenvalue weighted by atomic mass is 32.2. The maximum absolute atomic E-state index is 11.6. The van der Waals surface area contributed by atoms with Crippen LogP contribution in [0.5, 0.6) is 0 Å². The average Bonchev–Trinajstić information content (AvgIpc) is 3.43. The highest BCUT2D eigenvalue weighted by molar-refractivity contribution is 7.88. The Balaban J connectivity index is 1.64. The minimum atomic E-state index is -3.28. The van der Waals surface area contributed by atoms with Crippen LogP contribution < -0.4 is 14.5 Å². The van der Waals surface area contributed by atoms with Crippen LogP contribution in [0.3, 0.4) is 0 Å². The van der Waals surface area contributed by atoms with Crippen LogP contribution in [0.1, 0.15) is 17.5 Å². The molecule has 35 heavy (non-hydrogen) atoms. The minimum Gasteiger partial charge on any atom is -0.421 e. The van der Waals surface area contributed by atoms with E-state index in [4.69, 9.17) is 9.40 Å². The van der Waals surface area contributed by atoms with E-state index in [2.05, 4.69) is 46.8 Å². The van der Waals surface area contributed by atoms with Gasteiger partial charge < -0.3 is 19.1 Å². The molecule has 0 bridgehead atoms. The summed E-state index contributed by atoms with van der Waals surface area (Å²) in [6, 6.07) is 13.1. The van der Waals surface area contributed by atoms with Crippen molar-refractivity contribution in [2.45, 2.75) is 25.4 Å². The van der Waals surface area contributed by atoms with E-state index in [1.54, 1.807) is 0 Å². The first kappa shape index (κ1) is 23.6. The van der Waals surface area contributed by atoms with Gasteiger partial charge in [0.25, 0.3) is 6.01 Å². The number of fused-ring (bicyclic) bond motifs is 1. The highest BCUT2D eigenvalue weighted by Gasteiger charge is 2.35. The number of benzene rings is 2. The maximum Gasteiger partial charge on any atom is 0.298 e. The molecule has 2 fully saturated rings. The number of hydrogen-bond donors (Lipinski definition) is 1. The van der Waals surface area contributed by atoms with Gasteiger partial charge in [-0.05, 0) is 38.6 Å². The Morgan fingerprint density at radius 1 is 1.17 bits per heavy atom. The monoisotopic (exact) mass is 494 g/mol. The number of sulfonamides is 1. The van der Waals surface area contributed by atoms with Gasteiger partial charge in [0.05, 0.1) is 23.5 Å².